The Labute approximate surface area is 395 Å². The van der Waals surface area contributed by atoms with Crippen LogP contribution in [0.1, 0.15) is 258 Å². The van der Waals surface area contributed by atoms with Crippen LogP contribution < -0.4 is 0 Å². The molecule has 0 heterocycles. The molecule has 0 spiro atoms. The van der Waals surface area contributed by atoms with Crippen molar-refractivity contribution in [3.8, 4) is 0 Å². The van der Waals surface area contributed by atoms with E-state index in [0.29, 0.717) is 19.3 Å². The van der Waals surface area contributed by atoms with Gasteiger partial charge in [-0.25, -0.2) is 0 Å². The molecular weight excluding hydrogens is 793 g/mol. The standard InChI is InChI=1S/C58H100O6/c1-4-7-10-13-16-19-22-24-26-28-29-31-32-34-36-39-42-45-48-51-57(60)63-54-55(53-62-56(59)50-47-44-41-38-21-18-15-12-9-6-3)64-58(61)52-49-46-43-40-37-35-33-30-27-25-23-20-17-14-11-8-5-2/h7,10,16-17,19-20,24-27,29,31,55H,4-6,8-9,11-15,18,21-23,28,30,32-54H2,1-3H3/b10-7-,19-16-,20-17-,26-24-,27-25-,31-29-. The lowest BCUT2D eigenvalue weighted by molar-refractivity contribution is -0.167. The van der Waals surface area contributed by atoms with Gasteiger partial charge in [-0.3, -0.25) is 14.4 Å². The molecular formula is C58H100O6. The van der Waals surface area contributed by atoms with Gasteiger partial charge in [-0.15, -0.1) is 0 Å². The Morgan fingerprint density at radius 2 is 0.609 bits per heavy atom. The second-order valence-electron chi connectivity index (χ2n) is 17.8. The van der Waals surface area contributed by atoms with Gasteiger partial charge in [-0.2, -0.15) is 0 Å². The molecule has 0 aliphatic rings. The van der Waals surface area contributed by atoms with Gasteiger partial charge in [0.2, 0.25) is 0 Å². The highest BCUT2D eigenvalue weighted by atomic mass is 16.6. The molecule has 1 unspecified atom stereocenters. The van der Waals surface area contributed by atoms with Crippen molar-refractivity contribution in [2.75, 3.05) is 13.2 Å². The van der Waals surface area contributed by atoms with Crippen LogP contribution in [0.25, 0.3) is 0 Å². The minimum absolute atomic E-state index is 0.0819. The zero-order valence-corrected chi connectivity index (χ0v) is 42.0. The largest absolute Gasteiger partial charge is 0.462 e. The zero-order valence-electron chi connectivity index (χ0n) is 42.0. The molecule has 0 aromatic heterocycles. The molecule has 0 aliphatic heterocycles. The first-order chi connectivity index (χ1) is 31.5. The van der Waals surface area contributed by atoms with Gasteiger partial charge in [-0.05, 0) is 89.9 Å². The van der Waals surface area contributed by atoms with Crippen LogP contribution in [0.5, 0.6) is 0 Å². The summed E-state index contributed by atoms with van der Waals surface area (Å²) < 4.78 is 16.8. The highest BCUT2D eigenvalue weighted by molar-refractivity contribution is 5.71. The maximum Gasteiger partial charge on any atom is 0.306 e. The monoisotopic (exact) mass is 893 g/mol. The van der Waals surface area contributed by atoms with E-state index in [4.69, 9.17) is 14.2 Å². The number of esters is 3. The Bertz CT molecular complexity index is 1210. The van der Waals surface area contributed by atoms with Crippen molar-refractivity contribution < 1.29 is 28.6 Å². The predicted molar refractivity (Wildman–Crippen MR) is 274 cm³/mol. The van der Waals surface area contributed by atoms with E-state index >= 15 is 0 Å². The average molecular weight is 893 g/mol. The zero-order chi connectivity index (χ0) is 46.5. The molecule has 0 radical (unpaired) electrons. The van der Waals surface area contributed by atoms with Gasteiger partial charge >= 0.3 is 17.9 Å². The molecule has 0 saturated heterocycles. The van der Waals surface area contributed by atoms with E-state index in [-0.39, 0.29) is 31.1 Å². The third kappa shape index (κ3) is 49.9. The maximum absolute atomic E-state index is 12.8. The van der Waals surface area contributed by atoms with Crippen LogP contribution in [-0.2, 0) is 28.6 Å². The molecule has 6 nitrogen and oxygen atoms in total. The summed E-state index contributed by atoms with van der Waals surface area (Å²) in [5.74, 6) is -0.901. The molecule has 0 saturated carbocycles. The minimum Gasteiger partial charge on any atom is -0.462 e. The SMILES string of the molecule is CC/C=C\C/C=C\C/C=C\C/C=C\CCCCCCCCC(=O)OCC(COC(=O)CCCCCCCCCCCC)OC(=O)CCCCCCCCC/C=C\C/C=C\CCCCC. The molecule has 0 N–H and O–H groups in total. The Kier molecular flexibility index (Phi) is 49.9. The first-order valence-electron chi connectivity index (χ1n) is 26.9. The van der Waals surface area contributed by atoms with Crippen molar-refractivity contribution in [2.24, 2.45) is 0 Å². The van der Waals surface area contributed by atoms with E-state index in [1.165, 1.54) is 116 Å². The van der Waals surface area contributed by atoms with Crippen molar-refractivity contribution in [3.63, 3.8) is 0 Å². The lowest BCUT2D eigenvalue weighted by Crippen LogP contribution is -2.30. The fourth-order valence-electron chi connectivity index (χ4n) is 7.40. The van der Waals surface area contributed by atoms with Crippen LogP contribution in [0.3, 0.4) is 0 Å². The number of carbonyl (C=O) groups is 3. The molecule has 0 rings (SSSR count). The maximum atomic E-state index is 12.8. The molecule has 0 aromatic rings. The molecule has 6 heteroatoms. The number of unbranched alkanes of at least 4 members (excludes halogenated alkanes) is 25. The van der Waals surface area contributed by atoms with E-state index in [1.54, 1.807) is 0 Å². The summed E-state index contributed by atoms with van der Waals surface area (Å²) in [4.78, 5) is 38.0. The first-order valence-corrected chi connectivity index (χ1v) is 26.9. The van der Waals surface area contributed by atoms with Crippen LogP contribution in [-0.4, -0.2) is 37.2 Å². The van der Waals surface area contributed by atoms with Crippen LogP contribution in [0.2, 0.25) is 0 Å². The van der Waals surface area contributed by atoms with Crippen molar-refractivity contribution >= 4 is 17.9 Å². The van der Waals surface area contributed by atoms with Crippen molar-refractivity contribution in [2.45, 2.75) is 264 Å². The normalized spacial score (nSPS) is 12.6. The van der Waals surface area contributed by atoms with Crippen LogP contribution >= 0.6 is 0 Å². The number of rotatable bonds is 48. The first kappa shape index (κ1) is 60.9. The van der Waals surface area contributed by atoms with Gasteiger partial charge < -0.3 is 14.2 Å². The van der Waals surface area contributed by atoms with Gasteiger partial charge in [0.1, 0.15) is 13.2 Å². The van der Waals surface area contributed by atoms with E-state index < -0.39 is 6.10 Å². The van der Waals surface area contributed by atoms with Crippen molar-refractivity contribution in [1.82, 2.24) is 0 Å². The summed E-state index contributed by atoms with van der Waals surface area (Å²) in [6, 6.07) is 0. The molecule has 0 aromatic carbocycles. The highest BCUT2D eigenvalue weighted by Crippen LogP contribution is 2.15. The van der Waals surface area contributed by atoms with Gasteiger partial charge in [0.15, 0.2) is 6.10 Å². The molecule has 1 atom stereocenters. The van der Waals surface area contributed by atoms with E-state index in [0.717, 1.165) is 103 Å². The third-order valence-electron chi connectivity index (χ3n) is 11.4. The van der Waals surface area contributed by atoms with Crippen LogP contribution in [0.4, 0.5) is 0 Å². The Hall–Kier alpha value is -3.15. The number of hydrogen-bond acceptors (Lipinski definition) is 6. The van der Waals surface area contributed by atoms with Gasteiger partial charge in [0.05, 0.1) is 0 Å². The summed E-state index contributed by atoms with van der Waals surface area (Å²) in [6.07, 6.45) is 66.0. The minimum atomic E-state index is -0.783. The molecule has 0 amide bonds. The summed E-state index contributed by atoms with van der Waals surface area (Å²) in [5, 5.41) is 0. The molecule has 0 bridgehead atoms. The van der Waals surface area contributed by atoms with Gasteiger partial charge in [0.25, 0.3) is 0 Å². The summed E-state index contributed by atoms with van der Waals surface area (Å²) in [7, 11) is 0. The Morgan fingerprint density at radius 3 is 0.984 bits per heavy atom. The van der Waals surface area contributed by atoms with Crippen molar-refractivity contribution in [1.29, 1.82) is 0 Å². The fraction of sp³-hybridized carbons (Fsp3) is 0.741. The average Bonchev–Trinajstić information content (AvgIpc) is 3.29. The quantitative estimate of drug-likeness (QED) is 0.0262. The van der Waals surface area contributed by atoms with E-state index in [1.807, 2.05) is 0 Å². The number of carbonyl (C=O) groups excluding carboxylic acids is 3. The lowest BCUT2D eigenvalue weighted by atomic mass is 10.1. The van der Waals surface area contributed by atoms with E-state index in [2.05, 4.69) is 93.7 Å². The third-order valence-corrected chi connectivity index (χ3v) is 11.4. The molecule has 368 valence electrons. The van der Waals surface area contributed by atoms with Gasteiger partial charge in [-0.1, -0.05) is 222 Å². The summed E-state index contributed by atoms with van der Waals surface area (Å²) >= 11 is 0. The summed E-state index contributed by atoms with van der Waals surface area (Å²) in [6.45, 7) is 6.48. The topological polar surface area (TPSA) is 78.9 Å². The highest BCUT2D eigenvalue weighted by Gasteiger charge is 2.19. The lowest BCUT2D eigenvalue weighted by Gasteiger charge is -2.18. The number of allylic oxidation sites excluding steroid dienone is 12. The fourth-order valence-corrected chi connectivity index (χ4v) is 7.40. The predicted octanol–water partition coefficient (Wildman–Crippen LogP) is 17.8. The number of ether oxygens (including phenoxy) is 3. The molecule has 0 aliphatic carbocycles. The second-order valence-corrected chi connectivity index (χ2v) is 17.8. The van der Waals surface area contributed by atoms with E-state index in [9.17, 15) is 14.4 Å². The Morgan fingerprint density at radius 1 is 0.328 bits per heavy atom. The second kappa shape index (κ2) is 52.5. The molecule has 64 heavy (non-hydrogen) atoms. The van der Waals surface area contributed by atoms with Gasteiger partial charge in [0, 0.05) is 19.3 Å². The molecule has 0 fully saturated rings. The van der Waals surface area contributed by atoms with Crippen LogP contribution in [0, 0.1) is 0 Å². The van der Waals surface area contributed by atoms with Crippen molar-refractivity contribution in [3.05, 3.63) is 72.9 Å². The summed E-state index contributed by atoms with van der Waals surface area (Å²) in [5.41, 5.74) is 0. The number of hydrogen-bond donors (Lipinski definition) is 0. The Balaban J connectivity index is 4.37. The smallest absolute Gasteiger partial charge is 0.306 e. The van der Waals surface area contributed by atoms with Crippen LogP contribution in [0.15, 0.2) is 72.9 Å².